The van der Waals surface area contributed by atoms with E-state index in [1.807, 2.05) is 0 Å². The van der Waals surface area contributed by atoms with Gasteiger partial charge in [-0.05, 0) is 59.7 Å². The molecule has 2 rings (SSSR count). The fourth-order valence-corrected chi connectivity index (χ4v) is 4.98. The maximum Gasteiger partial charge on any atom is 0.263 e. The summed E-state index contributed by atoms with van der Waals surface area (Å²) in [6, 6.07) is 10.7. The Hall–Kier alpha value is -1.42. The summed E-state index contributed by atoms with van der Waals surface area (Å²) in [5.74, 6) is 0. The van der Waals surface area contributed by atoms with Crippen molar-refractivity contribution in [1.29, 1.82) is 0 Å². The smallest absolute Gasteiger partial charge is 0.263 e. The van der Waals surface area contributed by atoms with Gasteiger partial charge in [0.05, 0.1) is 10.6 Å². The van der Waals surface area contributed by atoms with Crippen molar-refractivity contribution in [3.8, 4) is 0 Å². The molecule has 0 spiro atoms. The lowest BCUT2D eigenvalue weighted by molar-refractivity contribution is 0.587. The molecule has 124 valence electrons. The molecule has 2 aromatic rings. The van der Waals surface area contributed by atoms with Gasteiger partial charge in [-0.15, -0.1) is 0 Å². The number of anilines is 1. The zero-order valence-electron chi connectivity index (χ0n) is 12.4. The third-order valence-electron chi connectivity index (χ3n) is 3.12. The highest BCUT2D eigenvalue weighted by Gasteiger charge is 2.20. The van der Waals surface area contributed by atoms with Gasteiger partial charge in [0.2, 0.25) is 10.0 Å². The average molecular weight is 419 g/mol. The van der Waals surface area contributed by atoms with E-state index < -0.39 is 20.0 Å². The van der Waals surface area contributed by atoms with Gasteiger partial charge in [-0.3, -0.25) is 4.72 Å². The summed E-state index contributed by atoms with van der Waals surface area (Å²) >= 11 is 3.19. The van der Waals surface area contributed by atoms with E-state index in [1.165, 1.54) is 25.2 Å². The first-order chi connectivity index (χ1) is 10.7. The SMILES string of the molecule is CNS(=O)(=O)c1cc(NS(=O)(=O)c2ccccc2Br)ccc1C. The first-order valence-electron chi connectivity index (χ1n) is 6.49. The first kappa shape index (κ1) is 17.9. The number of aryl methyl sites for hydroxylation is 1. The molecule has 6 nitrogen and oxygen atoms in total. The predicted octanol–water partition coefficient (Wildman–Crippen LogP) is 2.47. The lowest BCUT2D eigenvalue weighted by atomic mass is 10.2. The maximum absolute atomic E-state index is 12.4. The van der Waals surface area contributed by atoms with Crippen molar-refractivity contribution in [2.24, 2.45) is 0 Å². The summed E-state index contributed by atoms with van der Waals surface area (Å²) in [5, 5.41) is 0. The Bertz CT molecular complexity index is 941. The molecule has 0 heterocycles. The zero-order valence-corrected chi connectivity index (χ0v) is 15.6. The monoisotopic (exact) mass is 418 g/mol. The largest absolute Gasteiger partial charge is 0.280 e. The molecule has 23 heavy (non-hydrogen) atoms. The quantitative estimate of drug-likeness (QED) is 0.779. The van der Waals surface area contributed by atoms with E-state index in [0.29, 0.717) is 10.0 Å². The Kier molecular flexibility index (Phi) is 5.14. The van der Waals surface area contributed by atoms with E-state index in [2.05, 4.69) is 25.4 Å². The van der Waals surface area contributed by atoms with Gasteiger partial charge in [-0.25, -0.2) is 21.6 Å². The van der Waals surface area contributed by atoms with Gasteiger partial charge in [0.25, 0.3) is 10.0 Å². The molecular weight excluding hydrogens is 404 g/mol. The van der Waals surface area contributed by atoms with Crippen molar-refractivity contribution >= 4 is 41.7 Å². The number of hydrogen-bond donors (Lipinski definition) is 2. The van der Waals surface area contributed by atoms with Gasteiger partial charge < -0.3 is 0 Å². The van der Waals surface area contributed by atoms with E-state index >= 15 is 0 Å². The minimum Gasteiger partial charge on any atom is -0.280 e. The van der Waals surface area contributed by atoms with E-state index in [4.69, 9.17) is 0 Å². The third-order valence-corrected chi connectivity index (χ3v) is 7.07. The molecule has 0 saturated heterocycles. The van der Waals surface area contributed by atoms with Crippen molar-refractivity contribution < 1.29 is 16.8 Å². The van der Waals surface area contributed by atoms with Gasteiger partial charge in [0.15, 0.2) is 0 Å². The highest BCUT2D eigenvalue weighted by atomic mass is 79.9. The summed E-state index contributed by atoms with van der Waals surface area (Å²) < 4.78 is 53.8. The third kappa shape index (κ3) is 3.92. The number of nitrogens with one attached hydrogen (secondary N) is 2. The maximum atomic E-state index is 12.4. The van der Waals surface area contributed by atoms with E-state index in [-0.39, 0.29) is 15.5 Å². The molecular formula is C14H15BrN2O4S2. The summed E-state index contributed by atoms with van der Waals surface area (Å²) in [6.45, 7) is 1.64. The van der Waals surface area contributed by atoms with Gasteiger partial charge in [-0.1, -0.05) is 18.2 Å². The van der Waals surface area contributed by atoms with Crippen LogP contribution in [0.25, 0.3) is 0 Å². The summed E-state index contributed by atoms with van der Waals surface area (Å²) in [4.78, 5) is 0.0888. The molecule has 0 atom stereocenters. The van der Waals surface area contributed by atoms with E-state index in [0.717, 1.165) is 0 Å². The van der Waals surface area contributed by atoms with Crippen molar-refractivity contribution in [2.45, 2.75) is 16.7 Å². The van der Waals surface area contributed by atoms with E-state index in [9.17, 15) is 16.8 Å². The molecule has 0 amide bonds. The van der Waals surface area contributed by atoms with Crippen LogP contribution < -0.4 is 9.44 Å². The second-order valence-corrected chi connectivity index (χ2v) is 9.08. The van der Waals surface area contributed by atoms with Crippen LogP contribution in [0.15, 0.2) is 56.7 Å². The first-order valence-corrected chi connectivity index (χ1v) is 10.2. The molecule has 0 radical (unpaired) electrons. The fraction of sp³-hybridized carbons (Fsp3) is 0.143. The van der Waals surface area contributed by atoms with Crippen LogP contribution >= 0.6 is 15.9 Å². The summed E-state index contributed by atoms with van der Waals surface area (Å²) in [5.41, 5.74) is 0.684. The van der Waals surface area contributed by atoms with Crippen LogP contribution in [-0.2, 0) is 20.0 Å². The highest BCUT2D eigenvalue weighted by Crippen LogP contribution is 2.26. The normalized spacial score (nSPS) is 12.1. The molecule has 0 unspecified atom stereocenters. The number of sulfonamides is 2. The Labute approximate surface area is 144 Å². The number of hydrogen-bond acceptors (Lipinski definition) is 4. The lowest BCUT2D eigenvalue weighted by Gasteiger charge is -2.12. The Morgan fingerprint density at radius 2 is 1.57 bits per heavy atom. The Balaban J connectivity index is 2.46. The van der Waals surface area contributed by atoms with Crippen LogP contribution in [0, 0.1) is 6.92 Å². The molecule has 0 bridgehead atoms. The molecule has 9 heteroatoms. The number of halogens is 1. The van der Waals surface area contributed by atoms with Crippen molar-refractivity contribution in [3.63, 3.8) is 0 Å². The lowest BCUT2D eigenvalue weighted by Crippen LogP contribution is -2.20. The van der Waals surface area contributed by atoms with Crippen LogP contribution in [0.3, 0.4) is 0 Å². The van der Waals surface area contributed by atoms with Crippen LogP contribution in [-0.4, -0.2) is 23.9 Å². The average Bonchev–Trinajstić information content (AvgIpc) is 2.49. The molecule has 0 aliphatic carbocycles. The molecule has 2 N–H and O–H groups in total. The fourth-order valence-electron chi connectivity index (χ4n) is 1.94. The topological polar surface area (TPSA) is 92.3 Å². The van der Waals surface area contributed by atoms with Crippen molar-refractivity contribution in [2.75, 3.05) is 11.8 Å². The minimum atomic E-state index is -3.84. The zero-order chi connectivity index (χ0) is 17.3. The number of benzene rings is 2. The van der Waals surface area contributed by atoms with Crippen molar-refractivity contribution in [3.05, 3.63) is 52.5 Å². The van der Waals surface area contributed by atoms with Crippen molar-refractivity contribution in [1.82, 2.24) is 4.72 Å². The van der Waals surface area contributed by atoms with Gasteiger partial charge in [-0.2, -0.15) is 0 Å². The number of rotatable bonds is 5. The van der Waals surface area contributed by atoms with Crippen LogP contribution in [0.5, 0.6) is 0 Å². The molecule has 0 aromatic heterocycles. The molecule has 0 aliphatic heterocycles. The molecule has 2 aromatic carbocycles. The van der Waals surface area contributed by atoms with Crippen LogP contribution in [0.4, 0.5) is 5.69 Å². The molecule has 0 fully saturated rings. The van der Waals surface area contributed by atoms with Crippen LogP contribution in [0.2, 0.25) is 0 Å². The van der Waals surface area contributed by atoms with Crippen LogP contribution in [0.1, 0.15) is 5.56 Å². The summed E-state index contributed by atoms with van der Waals surface area (Å²) in [6.07, 6.45) is 0. The Morgan fingerprint density at radius 1 is 0.913 bits per heavy atom. The molecule has 0 aliphatic rings. The van der Waals surface area contributed by atoms with E-state index in [1.54, 1.807) is 31.2 Å². The summed E-state index contributed by atoms with van der Waals surface area (Å²) in [7, 11) is -6.21. The van der Waals surface area contributed by atoms with Gasteiger partial charge >= 0.3 is 0 Å². The second kappa shape index (κ2) is 6.60. The molecule has 0 saturated carbocycles. The second-order valence-electron chi connectivity index (χ2n) is 4.72. The predicted molar refractivity (Wildman–Crippen MR) is 92.4 cm³/mol. The van der Waals surface area contributed by atoms with Gasteiger partial charge in [0, 0.05) is 4.47 Å². The standard InChI is InChI=1S/C14H15BrN2O4S2/c1-10-7-8-11(9-14(10)22(18,19)16-2)17-23(20,21)13-6-4-3-5-12(13)15/h3-9,16-17H,1-2H3. The Morgan fingerprint density at radius 3 is 2.17 bits per heavy atom. The minimum absolute atomic E-state index is 0.0207. The van der Waals surface area contributed by atoms with Gasteiger partial charge in [0.1, 0.15) is 4.90 Å². The highest BCUT2D eigenvalue weighted by molar-refractivity contribution is 9.10.